The van der Waals surface area contributed by atoms with Crippen molar-refractivity contribution in [1.82, 2.24) is 14.8 Å². The minimum absolute atomic E-state index is 0.162. The third kappa shape index (κ3) is 7.01. The van der Waals surface area contributed by atoms with Gasteiger partial charge in [-0.15, -0.1) is 5.10 Å². The van der Waals surface area contributed by atoms with Crippen LogP contribution in [0.3, 0.4) is 0 Å². The molecular weight excluding hydrogens is 660 g/mol. The van der Waals surface area contributed by atoms with Crippen LogP contribution in [-0.2, 0) is 28.5 Å². The van der Waals surface area contributed by atoms with Crippen molar-refractivity contribution in [3.05, 3.63) is 146 Å². The molecule has 5 aromatic rings. The van der Waals surface area contributed by atoms with E-state index < -0.39 is 12.0 Å². The minimum atomic E-state index is -0.558. The smallest absolute Gasteiger partial charge is 0.338 e. The van der Waals surface area contributed by atoms with Gasteiger partial charge in [0.15, 0.2) is 0 Å². The first kappa shape index (κ1) is 30.0. The van der Waals surface area contributed by atoms with Crippen molar-refractivity contribution >= 4 is 51.2 Å². The first-order valence-electron chi connectivity index (χ1n) is 13.9. The zero-order chi connectivity index (χ0) is 30.5. The second-order valence-electron chi connectivity index (χ2n) is 10.2. The van der Waals surface area contributed by atoms with Crippen molar-refractivity contribution < 1.29 is 14.3 Å². The number of rotatable bonds is 10. The number of nitrogens with one attached hydrogen (secondary N) is 1. The Morgan fingerprint density at radius 2 is 1.64 bits per heavy atom. The number of benzene rings is 4. The molecule has 0 radical (unpaired) electrons. The molecule has 1 atom stereocenters. The molecule has 7 nitrogen and oxygen atoms in total. The van der Waals surface area contributed by atoms with Crippen LogP contribution in [0.2, 0.25) is 5.02 Å². The van der Waals surface area contributed by atoms with Crippen LogP contribution in [0.25, 0.3) is 0 Å². The maximum Gasteiger partial charge on any atom is 0.338 e. The maximum absolute atomic E-state index is 13.7. The number of carbonyl (C=O) groups excluding carboxylic acids is 1. The fourth-order valence-corrected chi connectivity index (χ4v) is 6.20. The number of halogens is 2. The van der Waals surface area contributed by atoms with Crippen molar-refractivity contribution in [2.24, 2.45) is 0 Å². The van der Waals surface area contributed by atoms with E-state index in [2.05, 4.69) is 21.2 Å². The molecule has 0 saturated heterocycles. The summed E-state index contributed by atoms with van der Waals surface area (Å²) in [4.78, 5) is 18.4. The average molecular weight is 688 g/mol. The number of allylic oxidation sites excluding steroid dienone is 1. The number of ether oxygens (including phenoxy) is 2. The van der Waals surface area contributed by atoms with Crippen molar-refractivity contribution in [3.8, 4) is 5.75 Å². The summed E-state index contributed by atoms with van der Waals surface area (Å²) in [5, 5.41) is 9.37. The topological polar surface area (TPSA) is 78.3 Å². The predicted molar refractivity (Wildman–Crippen MR) is 177 cm³/mol. The third-order valence-electron chi connectivity index (χ3n) is 7.10. The van der Waals surface area contributed by atoms with Crippen LogP contribution in [0, 0.1) is 0 Å². The summed E-state index contributed by atoms with van der Waals surface area (Å²) < 4.78 is 14.6. The molecule has 0 fully saturated rings. The summed E-state index contributed by atoms with van der Waals surface area (Å²) in [7, 11) is 0. The summed E-state index contributed by atoms with van der Waals surface area (Å²) in [6.07, 6.45) is 0. The standard InChI is InChI=1S/C34H28BrClN4O3S/c1-22-30(32(41)43-20-23-7-3-2-4-8-23)31(25-13-17-28(18-14-25)42-19-24-11-15-27(35)16-12-24)40-33(37-22)38-34(39-40)44-21-26-9-5-6-10-29(26)36/h2-18,31H,19-21H2,1H3,(H,37,38,39). The number of hydrogen-bond acceptors (Lipinski definition) is 7. The molecule has 1 N–H and O–H groups in total. The lowest BCUT2D eigenvalue weighted by atomic mass is 9.95. The Labute approximate surface area is 273 Å². The van der Waals surface area contributed by atoms with Gasteiger partial charge in [-0.2, -0.15) is 4.98 Å². The summed E-state index contributed by atoms with van der Waals surface area (Å²) in [6.45, 7) is 2.46. The Bertz CT molecular complexity index is 1790. The summed E-state index contributed by atoms with van der Waals surface area (Å²) in [6, 6.07) is 32.5. The molecule has 0 saturated carbocycles. The molecule has 0 aliphatic carbocycles. The molecule has 0 spiro atoms. The van der Waals surface area contributed by atoms with Gasteiger partial charge in [-0.25, -0.2) is 9.48 Å². The van der Waals surface area contributed by atoms with Gasteiger partial charge in [0.1, 0.15) is 25.0 Å². The largest absolute Gasteiger partial charge is 0.489 e. The van der Waals surface area contributed by atoms with Gasteiger partial charge in [0.25, 0.3) is 0 Å². The van der Waals surface area contributed by atoms with Crippen LogP contribution >= 0.6 is 39.3 Å². The first-order valence-corrected chi connectivity index (χ1v) is 16.1. The highest BCUT2D eigenvalue weighted by Crippen LogP contribution is 2.38. The van der Waals surface area contributed by atoms with Gasteiger partial charge in [-0.3, -0.25) is 0 Å². The maximum atomic E-state index is 13.7. The second-order valence-corrected chi connectivity index (χ2v) is 12.4. The van der Waals surface area contributed by atoms with E-state index in [-0.39, 0.29) is 6.61 Å². The highest BCUT2D eigenvalue weighted by molar-refractivity contribution is 9.10. The molecule has 1 aliphatic heterocycles. The Morgan fingerprint density at radius 1 is 0.932 bits per heavy atom. The van der Waals surface area contributed by atoms with E-state index in [9.17, 15) is 4.79 Å². The number of esters is 1. The van der Waals surface area contributed by atoms with Crippen LogP contribution in [0.15, 0.2) is 124 Å². The Morgan fingerprint density at radius 3 is 2.39 bits per heavy atom. The van der Waals surface area contributed by atoms with Gasteiger partial charge in [0, 0.05) is 20.9 Å². The highest BCUT2D eigenvalue weighted by Gasteiger charge is 2.35. The molecule has 0 amide bonds. The van der Waals surface area contributed by atoms with Crippen molar-refractivity contribution in [3.63, 3.8) is 0 Å². The fraction of sp³-hybridized carbons (Fsp3) is 0.147. The van der Waals surface area contributed by atoms with Crippen LogP contribution in [0.5, 0.6) is 5.75 Å². The highest BCUT2D eigenvalue weighted by atomic mass is 79.9. The van der Waals surface area contributed by atoms with Gasteiger partial charge in [0.2, 0.25) is 11.1 Å². The average Bonchev–Trinajstić information content (AvgIpc) is 3.45. The normalized spacial score (nSPS) is 14.1. The predicted octanol–water partition coefficient (Wildman–Crippen LogP) is 8.60. The Balaban J connectivity index is 1.27. The number of anilines is 1. The fourth-order valence-electron chi connectivity index (χ4n) is 4.82. The number of hydrogen-bond donors (Lipinski definition) is 1. The molecule has 1 aliphatic rings. The molecule has 2 heterocycles. The zero-order valence-corrected chi connectivity index (χ0v) is 26.9. The number of aromatic nitrogens is 3. The molecule has 44 heavy (non-hydrogen) atoms. The lowest BCUT2D eigenvalue weighted by molar-refractivity contribution is -0.140. The second kappa shape index (κ2) is 13.7. The molecule has 0 bridgehead atoms. The number of fused-ring (bicyclic) bond motifs is 1. The van der Waals surface area contributed by atoms with Crippen LogP contribution in [-0.4, -0.2) is 20.7 Å². The molecule has 1 unspecified atom stereocenters. The lowest BCUT2D eigenvalue weighted by Gasteiger charge is -2.28. The molecule has 4 aromatic carbocycles. The summed E-state index contributed by atoms with van der Waals surface area (Å²) in [5.41, 5.74) is 4.94. The van der Waals surface area contributed by atoms with E-state index in [1.165, 1.54) is 11.8 Å². The van der Waals surface area contributed by atoms with Crippen molar-refractivity contribution in [2.75, 3.05) is 5.32 Å². The quantitative estimate of drug-likeness (QED) is 0.116. The van der Waals surface area contributed by atoms with Crippen LogP contribution in [0.4, 0.5) is 5.95 Å². The SMILES string of the molecule is CC1=C(C(=O)OCc2ccccc2)C(c2ccc(OCc3ccc(Br)cc3)cc2)n2nc(SCc3ccccc3Cl)nc2N1. The van der Waals surface area contributed by atoms with E-state index in [0.717, 1.165) is 26.7 Å². The molecule has 6 rings (SSSR count). The van der Waals surface area contributed by atoms with Crippen LogP contribution in [0.1, 0.15) is 35.2 Å². The summed E-state index contributed by atoms with van der Waals surface area (Å²) >= 11 is 11.3. The van der Waals surface area contributed by atoms with Gasteiger partial charge in [0.05, 0.1) is 5.57 Å². The van der Waals surface area contributed by atoms with E-state index >= 15 is 0 Å². The van der Waals surface area contributed by atoms with Crippen LogP contribution < -0.4 is 10.1 Å². The van der Waals surface area contributed by atoms with Gasteiger partial charge in [-0.05, 0) is 59.5 Å². The van der Waals surface area contributed by atoms with Crippen molar-refractivity contribution in [1.29, 1.82) is 0 Å². The van der Waals surface area contributed by atoms with E-state index in [1.54, 1.807) is 4.68 Å². The number of carbonyl (C=O) groups is 1. The molecular formula is C34H28BrClN4O3S. The van der Waals surface area contributed by atoms with Gasteiger partial charge in [-0.1, -0.05) is 112 Å². The monoisotopic (exact) mass is 686 g/mol. The van der Waals surface area contributed by atoms with E-state index in [1.807, 2.05) is 110 Å². The Hall–Kier alpha value is -4.05. The summed E-state index contributed by atoms with van der Waals surface area (Å²) in [5.74, 6) is 1.45. The molecule has 222 valence electrons. The van der Waals surface area contributed by atoms with Gasteiger partial charge >= 0.3 is 5.97 Å². The lowest BCUT2D eigenvalue weighted by Crippen LogP contribution is -2.29. The number of nitrogens with zero attached hydrogens (tertiary/aromatic N) is 3. The molecule has 10 heteroatoms. The van der Waals surface area contributed by atoms with E-state index in [0.29, 0.717) is 45.5 Å². The van der Waals surface area contributed by atoms with Gasteiger partial charge < -0.3 is 14.8 Å². The minimum Gasteiger partial charge on any atom is -0.489 e. The number of thioether (sulfide) groups is 1. The zero-order valence-electron chi connectivity index (χ0n) is 23.7. The third-order valence-corrected chi connectivity index (χ3v) is 8.88. The molecule has 1 aromatic heterocycles. The van der Waals surface area contributed by atoms with Crippen molar-refractivity contribution in [2.45, 2.75) is 37.1 Å². The Kier molecular flexibility index (Phi) is 9.35. The first-order chi connectivity index (χ1) is 21.4. The van der Waals surface area contributed by atoms with E-state index in [4.69, 9.17) is 31.2 Å².